The van der Waals surface area contributed by atoms with Gasteiger partial charge in [0.25, 0.3) is 0 Å². The molecule has 0 unspecified atom stereocenters. The van der Waals surface area contributed by atoms with Gasteiger partial charge in [0.1, 0.15) is 0 Å². The summed E-state index contributed by atoms with van der Waals surface area (Å²) in [7, 11) is 0. The molecule has 1 aromatic heterocycles. The van der Waals surface area contributed by atoms with E-state index in [1.165, 1.54) is 28.7 Å². The number of amides is 2. The zero-order valence-electron chi connectivity index (χ0n) is 18.1. The molecule has 0 saturated carbocycles. The SMILES string of the molecule is Cc1cc(C)c(NC(=O)[C@H](C)Sc2nnc(NC(=O)CCc3ccccc3)s2)c(C)c1. The van der Waals surface area contributed by atoms with Crippen molar-refractivity contribution in [3.05, 3.63) is 64.7 Å². The maximum Gasteiger partial charge on any atom is 0.237 e. The Morgan fingerprint density at radius 3 is 2.39 bits per heavy atom. The number of aryl methyl sites for hydroxylation is 4. The van der Waals surface area contributed by atoms with E-state index in [0.717, 1.165) is 22.4 Å². The van der Waals surface area contributed by atoms with Crippen LogP contribution in [-0.4, -0.2) is 27.3 Å². The molecular formula is C23H26N4O2S2. The van der Waals surface area contributed by atoms with Crippen molar-refractivity contribution < 1.29 is 9.59 Å². The molecule has 3 aromatic rings. The standard InChI is InChI=1S/C23H26N4O2S2/c1-14-12-15(2)20(16(3)13-14)25-21(29)17(4)30-23-27-26-22(31-23)24-19(28)11-10-18-8-6-5-7-9-18/h5-9,12-13,17H,10-11H2,1-4H3,(H,25,29)(H,24,26,28)/t17-/m0/s1. The Kier molecular flexibility index (Phi) is 7.81. The molecule has 0 bridgehead atoms. The molecule has 1 heterocycles. The number of nitrogens with zero attached hydrogens (tertiary/aromatic N) is 2. The smallest absolute Gasteiger partial charge is 0.237 e. The molecular weight excluding hydrogens is 428 g/mol. The molecule has 1 atom stereocenters. The minimum absolute atomic E-state index is 0.0938. The number of rotatable bonds is 8. The molecule has 0 saturated heterocycles. The Bertz CT molecular complexity index is 1040. The summed E-state index contributed by atoms with van der Waals surface area (Å²) >= 11 is 2.60. The summed E-state index contributed by atoms with van der Waals surface area (Å²) in [5, 5.41) is 14.0. The molecule has 0 spiro atoms. The lowest BCUT2D eigenvalue weighted by molar-refractivity contribution is -0.116. The normalized spacial score (nSPS) is 11.7. The maximum atomic E-state index is 12.7. The highest BCUT2D eigenvalue weighted by Gasteiger charge is 2.19. The van der Waals surface area contributed by atoms with E-state index >= 15 is 0 Å². The van der Waals surface area contributed by atoms with Gasteiger partial charge in [-0.05, 0) is 50.8 Å². The van der Waals surface area contributed by atoms with E-state index < -0.39 is 0 Å². The van der Waals surface area contributed by atoms with Crippen molar-refractivity contribution in [1.29, 1.82) is 0 Å². The number of hydrogen-bond donors (Lipinski definition) is 2. The van der Waals surface area contributed by atoms with E-state index in [1.54, 1.807) is 0 Å². The monoisotopic (exact) mass is 454 g/mol. The highest BCUT2D eigenvalue weighted by molar-refractivity contribution is 8.02. The largest absolute Gasteiger partial charge is 0.325 e. The highest BCUT2D eigenvalue weighted by atomic mass is 32.2. The maximum absolute atomic E-state index is 12.7. The third kappa shape index (κ3) is 6.63. The second-order valence-electron chi connectivity index (χ2n) is 7.43. The van der Waals surface area contributed by atoms with Gasteiger partial charge in [-0.25, -0.2) is 0 Å². The van der Waals surface area contributed by atoms with E-state index in [9.17, 15) is 9.59 Å². The number of carbonyl (C=O) groups excluding carboxylic acids is 2. The van der Waals surface area contributed by atoms with Crippen LogP contribution >= 0.6 is 23.1 Å². The molecule has 31 heavy (non-hydrogen) atoms. The lowest BCUT2D eigenvalue weighted by atomic mass is 10.1. The van der Waals surface area contributed by atoms with Crippen molar-refractivity contribution in [3.63, 3.8) is 0 Å². The molecule has 0 aliphatic rings. The molecule has 162 valence electrons. The summed E-state index contributed by atoms with van der Waals surface area (Å²) < 4.78 is 0.637. The summed E-state index contributed by atoms with van der Waals surface area (Å²) in [4.78, 5) is 24.8. The Balaban J connectivity index is 1.51. The van der Waals surface area contributed by atoms with Crippen LogP contribution in [0.15, 0.2) is 46.8 Å². The summed E-state index contributed by atoms with van der Waals surface area (Å²) in [6, 6.07) is 14.0. The number of aromatic nitrogens is 2. The number of hydrogen-bond acceptors (Lipinski definition) is 6. The van der Waals surface area contributed by atoms with Gasteiger partial charge in [-0.15, -0.1) is 10.2 Å². The van der Waals surface area contributed by atoms with Gasteiger partial charge in [0.15, 0.2) is 4.34 Å². The van der Waals surface area contributed by atoms with Gasteiger partial charge in [-0.1, -0.05) is 71.1 Å². The number of thioether (sulfide) groups is 1. The highest BCUT2D eigenvalue weighted by Crippen LogP contribution is 2.30. The topological polar surface area (TPSA) is 84.0 Å². The fraction of sp³-hybridized carbons (Fsp3) is 0.304. The number of benzene rings is 2. The summed E-state index contributed by atoms with van der Waals surface area (Å²) in [6.45, 7) is 7.85. The predicted octanol–water partition coefficient (Wildman–Crippen LogP) is 5.15. The van der Waals surface area contributed by atoms with Gasteiger partial charge in [0.2, 0.25) is 16.9 Å². The van der Waals surface area contributed by atoms with Crippen LogP contribution in [0.1, 0.15) is 35.6 Å². The lowest BCUT2D eigenvalue weighted by Crippen LogP contribution is -2.23. The first-order chi connectivity index (χ1) is 14.8. The third-order valence-corrected chi connectivity index (χ3v) is 6.73. The fourth-order valence-corrected chi connectivity index (χ4v) is 5.11. The number of carbonyl (C=O) groups is 2. The molecule has 0 radical (unpaired) electrons. The Labute approximate surface area is 190 Å². The van der Waals surface area contributed by atoms with Gasteiger partial charge in [-0.3, -0.25) is 9.59 Å². The van der Waals surface area contributed by atoms with Crippen LogP contribution in [0.3, 0.4) is 0 Å². The van der Waals surface area contributed by atoms with Gasteiger partial charge in [0.05, 0.1) is 5.25 Å². The van der Waals surface area contributed by atoms with Crippen LogP contribution in [0.2, 0.25) is 0 Å². The molecule has 6 nitrogen and oxygen atoms in total. The van der Waals surface area contributed by atoms with Crippen molar-refractivity contribution in [2.45, 2.75) is 50.1 Å². The molecule has 0 aliphatic carbocycles. The van der Waals surface area contributed by atoms with Crippen LogP contribution in [0.4, 0.5) is 10.8 Å². The Morgan fingerprint density at radius 1 is 1.03 bits per heavy atom. The molecule has 3 rings (SSSR count). The summed E-state index contributed by atoms with van der Waals surface area (Å²) in [5.74, 6) is -0.198. The van der Waals surface area contributed by atoms with E-state index in [-0.39, 0.29) is 17.1 Å². The molecule has 0 aliphatic heterocycles. The molecule has 0 fully saturated rings. The van der Waals surface area contributed by atoms with Gasteiger partial charge in [-0.2, -0.15) is 0 Å². The molecule has 2 aromatic carbocycles. The van der Waals surface area contributed by atoms with Crippen molar-refractivity contribution in [3.8, 4) is 0 Å². The minimum Gasteiger partial charge on any atom is -0.325 e. The third-order valence-electron chi connectivity index (χ3n) is 4.71. The van der Waals surface area contributed by atoms with Crippen molar-refractivity contribution in [2.24, 2.45) is 0 Å². The predicted molar refractivity (Wildman–Crippen MR) is 128 cm³/mol. The van der Waals surface area contributed by atoms with Crippen molar-refractivity contribution >= 4 is 45.7 Å². The molecule has 8 heteroatoms. The first kappa shape index (κ1) is 23.0. The average molecular weight is 455 g/mol. The fourth-order valence-electron chi connectivity index (χ4n) is 3.20. The van der Waals surface area contributed by atoms with E-state index in [1.807, 2.05) is 58.0 Å². The quantitative estimate of drug-likeness (QED) is 0.363. The summed E-state index contributed by atoms with van der Waals surface area (Å²) in [6.07, 6.45) is 1.04. The average Bonchev–Trinajstić information content (AvgIpc) is 3.16. The van der Waals surface area contributed by atoms with E-state index in [4.69, 9.17) is 0 Å². The van der Waals surface area contributed by atoms with E-state index in [2.05, 4.69) is 33.0 Å². The summed E-state index contributed by atoms with van der Waals surface area (Å²) in [5.41, 5.74) is 5.22. The number of nitrogens with one attached hydrogen (secondary N) is 2. The van der Waals surface area contributed by atoms with E-state index in [0.29, 0.717) is 22.3 Å². The molecule has 2 N–H and O–H groups in total. The second-order valence-corrected chi connectivity index (χ2v) is 10.00. The van der Waals surface area contributed by atoms with Crippen LogP contribution in [0.25, 0.3) is 0 Å². The Morgan fingerprint density at radius 2 is 1.71 bits per heavy atom. The second kappa shape index (κ2) is 10.5. The van der Waals surface area contributed by atoms with Crippen LogP contribution < -0.4 is 10.6 Å². The first-order valence-corrected chi connectivity index (χ1v) is 11.7. The Hall–Kier alpha value is -2.71. The lowest BCUT2D eigenvalue weighted by Gasteiger charge is -2.15. The van der Waals surface area contributed by atoms with Crippen molar-refractivity contribution in [1.82, 2.24) is 10.2 Å². The van der Waals surface area contributed by atoms with Crippen LogP contribution in [0.5, 0.6) is 0 Å². The van der Waals surface area contributed by atoms with Crippen LogP contribution in [-0.2, 0) is 16.0 Å². The minimum atomic E-state index is -0.352. The first-order valence-electron chi connectivity index (χ1n) is 10.0. The molecule has 2 amide bonds. The van der Waals surface area contributed by atoms with Gasteiger partial charge in [0, 0.05) is 12.1 Å². The zero-order chi connectivity index (χ0) is 22.4. The number of anilines is 2. The van der Waals surface area contributed by atoms with Gasteiger partial charge < -0.3 is 10.6 Å². The van der Waals surface area contributed by atoms with Gasteiger partial charge >= 0.3 is 0 Å². The zero-order valence-corrected chi connectivity index (χ0v) is 19.7. The van der Waals surface area contributed by atoms with Crippen molar-refractivity contribution in [2.75, 3.05) is 10.6 Å². The van der Waals surface area contributed by atoms with Crippen LogP contribution in [0, 0.1) is 20.8 Å².